The quantitative estimate of drug-likeness (QED) is 0.600. The Hall–Kier alpha value is -1.54. The number of aliphatic carboxylic acids is 1. The van der Waals surface area contributed by atoms with Gasteiger partial charge in [-0.05, 0) is 36.8 Å². The number of hydrogen-bond acceptors (Lipinski definition) is 5. The molecule has 0 aliphatic heterocycles. The SMILES string of the molecule is N#Cc1c(SCC(=O)[O-])ncc2c1CCCCC2. The Kier molecular flexibility index (Phi) is 4.21. The average molecular weight is 261 g/mol. The fourth-order valence-electron chi connectivity index (χ4n) is 2.22. The highest BCUT2D eigenvalue weighted by atomic mass is 32.2. The van der Waals surface area contributed by atoms with E-state index in [1.165, 1.54) is 6.42 Å². The Morgan fingerprint density at radius 3 is 2.94 bits per heavy atom. The summed E-state index contributed by atoms with van der Waals surface area (Å²) < 4.78 is 0. The van der Waals surface area contributed by atoms with Gasteiger partial charge in [-0.2, -0.15) is 5.26 Å². The van der Waals surface area contributed by atoms with Gasteiger partial charge in [0.15, 0.2) is 0 Å². The fourth-order valence-corrected chi connectivity index (χ4v) is 2.91. The second-order valence-electron chi connectivity index (χ2n) is 4.28. The molecule has 0 fully saturated rings. The second kappa shape index (κ2) is 5.87. The van der Waals surface area contributed by atoms with Gasteiger partial charge in [0.1, 0.15) is 11.1 Å². The minimum atomic E-state index is -1.14. The van der Waals surface area contributed by atoms with Crippen LogP contribution in [0.25, 0.3) is 0 Å². The summed E-state index contributed by atoms with van der Waals surface area (Å²) in [5.41, 5.74) is 2.76. The summed E-state index contributed by atoms with van der Waals surface area (Å²) in [7, 11) is 0. The summed E-state index contributed by atoms with van der Waals surface area (Å²) in [4.78, 5) is 14.7. The van der Waals surface area contributed by atoms with Crippen LogP contribution < -0.4 is 5.11 Å². The summed E-state index contributed by atoms with van der Waals surface area (Å²) in [6.07, 6.45) is 7.02. The van der Waals surface area contributed by atoms with Crippen molar-refractivity contribution in [2.75, 3.05) is 5.75 Å². The van der Waals surface area contributed by atoms with Crippen molar-refractivity contribution in [1.29, 1.82) is 5.26 Å². The van der Waals surface area contributed by atoms with E-state index in [2.05, 4.69) is 11.1 Å². The van der Waals surface area contributed by atoms with Gasteiger partial charge in [0, 0.05) is 11.9 Å². The maximum atomic E-state index is 10.5. The first-order chi connectivity index (χ1) is 8.72. The fraction of sp³-hybridized carbons (Fsp3) is 0.462. The zero-order chi connectivity index (χ0) is 13.0. The summed E-state index contributed by atoms with van der Waals surface area (Å²) in [5, 5.41) is 20.3. The maximum Gasteiger partial charge on any atom is 0.114 e. The lowest BCUT2D eigenvalue weighted by Crippen LogP contribution is -2.24. The molecule has 18 heavy (non-hydrogen) atoms. The first-order valence-electron chi connectivity index (χ1n) is 5.96. The lowest BCUT2D eigenvalue weighted by Gasteiger charge is -2.11. The van der Waals surface area contributed by atoms with Gasteiger partial charge in [-0.1, -0.05) is 18.2 Å². The van der Waals surface area contributed by atoms with Crippen LogP contribution in [0.3, 0.4) is 0 Å². The molecule has 1 heterocycles. The molecule has 0 saturated carbocycles. The number of aromatic nitrogens is 1. The van der Waals surface area contributed by atoms with Crippen molar-refractivity contribution in [3.05, 3.63) is 22.9 Å². The summed E-state index contributed by atoms with van der Waals surface area (Å²) in [5.74, 6) is -1.30. The highest BCUT2D eigenvalue weighted by Gasteiger charge is 2.16. The van der Waals surface area contributed by atoms with E-state index in [-0.39, 0.29) is 5.75 Å². The van der Waals surface area contributed by atoms with E-state index in [1.807, 2.05) is 0 Å². The minimum absolute atomic E-state index is 0.166. The molecule has 0 atom stereocenters. The predicted molar refractivity (Wildman–Crippen MR) is 65.9 cm³/mol. The zero-order valence-corrected chi connectivity index (χ0v) is 10.8. The van der Waals surface area contributed by atoms with Crippen LogP contribution in [-0.4, -0.2) is 16.7 Å². The maximum absolute atomic E-state index is 10.5. The minimum Gasteiger partial charge on any atom is -0.549 e. The van der Waals surface area contributed by atoms with Gasteiger partial charge in [-0.25, -0.2) is 4.98 Å². The van der Waals surface area contributed by atoms with Crippen LogP contribution in [0.5, 0.6) is 0 Å². The van der Waals surface area contributed by atoms with Crippen molar-refractivity contribution in [3.63, 3.8) is 0 Å². The predicted octanol–water partition coefficient (Wildman–Crippen LogP) is 1.06. The van der Waals surface area contributed by atoms with Crippen LogP contribution >= 0.6 is 11.8 Å². The van der Waals surface area contributed by atoms with Crippen molar-refractivity contribution in [2.45, 2.75) is 37.1 Å². The van der Waals surface area contributed by atoms with Crippen molar-refractivity contribution < 1.29 is 9.90 Å². The molecule has 2 rings (SSSR count). The third-order valence-electron chi connectivity index (χ3n) is 3.05. The zero-order valence-electron chi connectivity index (χ0n) is 9.94. The van der Waals surface area contributed by atoms with Crippen LogP contribution in [0.2, 0.25) is 0 Å². The molecule has 0 N–H and O–H groups in total. The van der Waals surface area contributed by atoms with Gasteiger partial charge < -0.3 is 9.90 Å². The molecule has 0 aromatic carbocycles. The van der Waals surface area contributed by atoms with E-state index in [0.29, 0.717) is 10.6 Å². The number of nitrogens with zero attached hydrogens (tertiary/aromatic N) is 2. The average Bonchev–Trinajstić information content (AvgIpc) is 2.60. The third-order valence-corrected chi connectivity index (χ3v) is 4.02. The number of carboxylic acids is 1. The Balaban J connectivity index is 2.35. The number of fused-ring (bicyclic) bond motifs is 1. The molecule has 0 radical (unpaired) electrons. The molecule has 4 nitrogen and oxygen atoms in total. The number of rotatable bonds is 3. The summed E-state index contributed by atoms with van der Waals surface area (Å²) in [6, 6.07) is 2.18. The van der Waals surface area contributed by atoms with Crippen LogP contribution in [-0.2, 0) is 17.6 Å². The van der Waals surface area contributed by atoms with Gasteiger partial charge in [-0.15, -0.1) is 0 Å². The monoisotopic (exact) mass is 261 g/mol. The highest BCUT2D eigenvalue weighted by Crippen LogP contribution is 2.29. The third kappa shape index (κ3) is 2.82. The van der Waals surface area contributed by atoms with Gasteiger partial charge in [0.2, 0.25) is 0 Å². The molecule has 0 saturated heterocycles. The molecule has 0 amide bonds. The van der Waals surface area contributed by atoms with E-state index >= 15 is 0 Å². The van der Waals surface area contributed by atoms with E-state index in [4.69, 9.17) is 0 Å². The van der Waals surface area contributed by atoms with E-state index in [0.717, 1.165) is 48.6 Å². The van der Waals surface area contributed by atoms with Crippen LogP contribution in [0.4, 0.5) is 0 Å². The molecule has 1 aromatic heterocycles. The molecule has 0 unspecified atom stereocenters. The summed E-state index contributed by atoms with van der Waals surface area (Å²) in [6.45, 7) is 0. The Bertz CT molecular complexity index is 508. The topological polar surface area (TPSA) is 76.8 Å². The Labute approximate surface area is 110 Å². The lowest BCUT2D eigenvalue weighted by molar-refractivity contribution is -0.301. The van der Waals surface area contributed by atoms with E-state index in [9.17, 15) is 15.2 Å². The molecular weight excluding hydrogens is 248 g/mol. The largest absolute Gasteiger partial charge is 0.549 e. The van der Waals surface area contributed by atoms with E-state index in [1.54, 1.807) is 6.20 Å². The van der Waals surface area contributed by atoms with Crippen LogP contribution in [0, 0.1) is 11.3 Å². The Morgan fingerprint density at radius 1 is 1.44 bits per heavy atom. The van der Waals surface area contributed by atoms with Gasteiger partial charge in [0.05, 0.1) is 11.5 Å². The molecular formula is C13H13N2O2S-. The normalized spacial score (nSPS) is 14.4. The number of aryl methyl sites for hydroxylation is 1. The molecule has 0 spiro atoms. The highest BCUT2D eigenvalue weighted by molar-refractivity contribution is 7.99. The Morgan fingerprint density at radius 2 is 2.22 bits per heavy atom. The number of carbonyl (C=O) groups excluding carboxylic acids is 1. The number of thioether (sulfide) groups is 1. The summed E-state index contributed by atoms with van der Waals surface area (Å²) >= 11 is 1.06. The van der Waals surface area contributed by atoms with Gasteiger partial charge >= 0.3 is 0 Å². The van der Waals surface area contributed by atoms with Crippen molar-refractivity contribution in [2.24, 2.45) is 0 Å². The van der Waals surface area contributed by atoms with E-state index < -0.39 is 5.97 Å². The van der Waals surface area contributed by atoms with Crippen LogP contribution in [0.1, 0.15) is 36.0 Å². The smallest absolute Gasteiger partial charge is 0.114 e. The van der Waals surface area contributed by atoms with Crippen LogP contribution in [0.15, 0.2) is 11.2 Å². The molecule has 1 aliphatic carbocycles. The van der Waals surface area contributed by atoms with Crippen molar-refractivity contribution in [3.8, 4) is 6.07 Å². The molecule has 94 valence electrons. The van der Waals surface area contributed by atoms with Crippen molar-refractivity contribution in [1.82, 2.24) is 4.98 Å². The van der Waals surface area contributed by atoms with Gasteiger partial charge in [0.25, 0.3) is 0 Å². The number of hydrogen-bond donors (Lipinski definition) is 0. The van der Waals surface area contributed by atoms with Crippen molar-refractivity contribution >= 4 is 17.7 Å². The molecule has 0 bridgehead atoms. The second-order valence-corrected chi connectivity index (χ2v) is 5.24. The molecule has 1 aromatic rings. The lowest BCUT2D eigenvalue weighted by atomic mass is 10.0. The number of pyridine rings is 1. The number of nitriles is 1. The first-order valence-corrected chi connectivity index (χ1v) is 6.94. The number of carbonyl (C=O) groups is 1. The number of carboxylic acid groups (broad SMARTS) is 1. The molecule has 1 aliphatic rings. The molecule has 5 heteroatoms. The first kappa shape index (κ1) is 12.9. The standard InChI is InChI=1S/C13H14N2O2S/c14-6-11-10-5-3-1-2-4-9(10)7-15-13(11)18-8-12(16)17/h7H,1-5,8H2,(H,16,17)/p-1. The van der Waals surface area contributed by atoms with Gasteiger partial charge in [-0.3, -0.25) is 0 Å².